The van der Waals surface area contributed by atoms with Crippen molar-refractivity contribution in [3.63, 3.8) is 0 Å². The molecular weight excluding hydrogens is 355 g/mol. The number of unbranched alkanes of at least 4 members (excludes halogenated alkanes) is 1. The molecule has 0 spiro atoms. The van der Waals surface area contributed by atoms with Crippen molar-refractivity contribution in [2.75, 3.05) is 45.9 Å². The molecule has 1 aliphatic rings. The molecule has 6 heteroatoms. The van der Waals surface area contributed by atoms with Crippen LogP contribution in [0.3, 0.4) is 0 Å². The minimum Gasteiger partial charge on any atom is -0.336 e. The fourth-order valence-electron chi connectivity index (χ4n) is 2.40. The van der Waals surface area contributed by atoms with Gasteiger partial charge in [-0.25, -0.2) is 4.98 Å². The normalized spacial score (nSPS) is 17.9. The molecule has 1 aliphatic heterocycles. The van der Waals surface area contributed by atoms with Crippen LogP contribution in [0.5, 0.6) is 0 Å². The second-order valence-corrected chi connectivity index (χ2v) is 5.63. The molecule has 0 aliphatic carbocycles. The summed E-state index contributed by atoms with van der Waals surface area (Å²) in [6.07, 6.45) is 8.19. The van der Waals surface area contributed by atoms with Crippen LogP contribution >= 0.6 is 23.0 Å². The lowest BCUT2D eigenvalue weighted by atomic mass is 10.2. The van der Waals surface area contributed by atoms with Crippen LogP contribution < -0.4 is 0 Å². The van der Waals surface area contributed by atoms with E-state index in [-0.39, 0.29) is 0 Å². The molecule has 0 aromatic carbocycles. The Hall–Kier alpha value is -0.180. The van der Waals surface area contributed by atoms with E-state index < -0.39 is 0 Å². The van der Waals surface area contributed by atoms with Crippen LogP contribution in [0.1, 0.15) is 12.8 Å². The van der Waals surface area contributed by atoms with Crippen molar-refractivity contribution in [1.82, 2.24) is 19.4 Å². The number of aromatic nitrogens is 2. The first-order valence-electron chi connectivity index (χ1n) is 7.02. The maximum Gasteiger partial charge on any atom is 0.109 e. The van der Waals surface area contributed by atoms with E-state index in [1.165, 1.54) is 45.6 Å². The van der Waals surface area contributed by atoms with Crippen molar-refractivity contribution in [2.24, 2.45) is 0 Å². The highest BCUT2D eigenvalue weighted by Gasteiger charge is 2.15. The summed E-state index contributed by atoms with van der Waals surface area (Å²) in [6, 6.07) is 0. The molecule has 1 fully saturated rings. The summed E-state index contributed by atoms with van der Waals surface area (Å²) in [5.41, 5.74) is 0. The quantitative estimate of drug-likeness (QED) is 0.509. The third-order valence-corrected chi connectivity index (χ3v) is 4.08. The van der Waals surface area contributed by atoms with Gasteiger partial charge in [-0.05, 0) is 19.4 Å². The number of hydrogen-bond acceptors (Lipinski definition) is 4. The zero-order valence-electron chi connectivity index (χ0n) is 11.4. The van der Waals surface area contributed by atoms with Gasteiger partial charge in [-0.2, -0.15) is 0 Å². The first-order chi connectivity index (χ1) is 9.38. The Balaban J connectivity index is 1.55. The molecule has 0 amide bonds. The summed E-state index contributed by atoms with van der Waals surface area (Å²) in [5.74, 6) is 0. The van der Waals surface area contributed by atoms with Crippen LogP contribution in [0, 0.1) is 0 Å². The number of rotatable bonds is 8. The Kier molecular flexibility index (Phi) is 7.11. The van der Waals surface area contributed by atoms with Crippen LogP contribution in [0.4, 0.5) is 0 Å². The molecule has 1 aromatic heterocycles. The van der Waals surface area contributed by atoms with E-state index in [1.54, 1.807) is 0 Å². The smallest absolute Gasteiger partial charge is 0.109 e. The van der Waals surface area contributed by atoms with Crippen molar-refractivity contribution in [1.29, 1.82) is 0 Å². The fourth-order valence-corrected chi connectivity index (χ4v) is 2.72. The lowest BCUT2D eigenvalue weighted by molar-refractivity contribution is 0.127. The van der Waals surface area contributed by atoms with E-state index in [9.17, 15) is 0 Å². The minimum absolute atomic E-state index is 0.880. The number of imidazole rings is 1. The molecule has 2 rings (SSSR count). The van der Waals surface area contributed by atoms with E-state index >= 15 is 0 Å². The summed E-state index contributed by atoms with van der Waals surface area (Å²) in [7, 11) is 0. The molecule has 108 valence electrons. The summed E-state index contributed by atoms with van der Waals surface area (Å²) in [5, 5.41) is 0. The van der Waals surface area contributed by atoms with Gasteiger partial charge in [-0.15, -0.1) is 0 Å². The number of hydrogen-bond donors (Lipinski definition) is 0. The second-order valence-electron chi connectivity index (χ2n) is 5.00. The zero-order chi connectivity index (χ0) is 13.3. The SMILES string of the molecule is IOCCCCN1CCN(CCn2ccnc2)CC1. The highest BCUT2D eigenvalue weighted by atomic mass is 127. The van der Waals surface area contributed by atoms with Crippen LogP contribution in [0.2, 0.25) is 0 Å². The maximum absolute atomic E-state index is 5.05. The highest BCUT2D eigenvalue weighted by molar-refractivity contribution is 14.1. The molecule has 0 saturated carbocycles. The van der Waals surface area contributed by atoms with Crippen molar-refractivity contribution >= 4 is 23.0 Å². The number of piperazine rings is 1. The van der Waals surface area contributed by atoms with Gasteiger partial charge in [-0.1, -0.05) is 0 Å². The Morgan fingerprint density at radius 1 is 1.00 bits per heavy atom. The van der Waals surface area contributed by atoms with Gasteiger partial charge < -0.3 is 12.5 Å². The molecule has 0 atom stereocenters. The summed E-state index contributed by atoms with van der Waals surface area (Å²) < 4.78 is 7.20. The van der Waals surface area contributed by atoms with E-state index in [0.29, 0.717) is 0 Å². The molecule has 1 aromatic rings. The summed E-state index contributed by atoms with van der Waals surface area (Å²) in [4.78, 5) is 9.19. The second kappa shape index (κ2) is 8.89. The summed E-state index contributed by atoms with van der Waals surface area (Å²) >= 11 is 1.97. The van der Waals surface area contributed by atoms with Crippen LogP contribution in [-0.4, -0.2) is 65.2 Å². The average molecular weight is 378 g/mol. The van der Waals surface area contributed by atoms with E-state index in [1.807, 2.05) is 41.7 Å². The van der Waals surface area contributed by atoms with Gasteiger partial charge in [0, 0.05) is 51.7 Å². The minimum atomic E-state index is 0.880. The monoisotopic (exact) mass is 378 g/mol. The Bertz CT molecular complexity index is 325. The standard InChI is InChI=1S/C13H23IN4O/c14-19-12-2-1-4-16-6-8-17(9-7-16)10-11-18-5-3-15-13-18/h3,5,13H,1-2,4,6-12H2. The predicted molar refractivity (Wildman–Crippen MR) is 84.3 cm³/mol. The van der Waals surface area contributed by atoms with Gasteiger partial charge in [0.15, 0.2) is 0 Å². The van der Waals surface area contributed by atoms with Crippen LogP contribution in [0.25, 0.3) is 0 Å². The fraction of sp³-hybridized carbons (Fsp3) is 0.769. The lowest BCUT2D eigenvalue weighted by Gasteiger charge is -2.34. The maximum atomic E-state index is 5.05. The van der Waals surface area contributed by atoms with Gasteiger partial charge >= 0.3 is 0 Å². The average Bonchev–Trinajstić information content (AvgIpc) is 2.96. The third kappa shape index (κ3) is 5.76. The molecular formula is C13H23IN4O. The molecule has 1 saturated heterocycles. The Labute approximate surface area is 129 Å². The number of nitrogens with zero attached hydrogens (tertiary/aromatic N) is 4. The van der Waals surface area contributed by atoms with E-state index in [2.05, 4.69) is 19.4 Å². The zero-order valence-corrected chi connectivity index (χ0v) is 13.5. The molecule has 5 nitrogen and oxygen atoms in total. The van der Waals surface area contributed by atoms with Gasteiger partial charge in [-0.3, -0.25) is 4.90 Å². The van der Waals surface area contributed by atoms with Crippen molar-refractivity contribution in [3.8, 4) is 0 Å². The molecule has 0 bridgehead atoms. The largest absolute Gasteiger partial charge is 0.336 e. The van der Waals surface area contributed by atoms with Gasteiger partial charge in [0.25, 0.3) is 0 Å². The van der Waals surface area contributed by atoms with Gasteiger partial charge in [0.05, 0.1) is 12.9 Å². The Morgan fingerprint density at radius 3 is 2.37 bits per heavy atom. The Morgan fingerprint density at radius 2 is 1.74 bits per heavy atom. The van der Waals surface area contributed by atoms with Crippen molar-refractivity contribution in [2.45, 2.75) is 19.4 Å². The molecule has 2 heterocycles. The third-order valence-electron chi connectivity index (χ3n) is 3.64. The topological polar surface area (TPSA) is 33.5 Å². The summed E-state index contributed by atoms with van der Waals surface area (Å²) in [6.45, 7) is 9.07. The van der Waals surface area contributed by atoms with Crippen molar-refractivity contribution < 1.29 is 3.07 Å². The predicted octanol–water partition coefficient (Wildman–Crippen LogP) is 1.65. The number of halogens is 1. The first-order valence-corrected chi connectivity index (χ1v) is 7.90. The van der Waals surface area contributed by atoms with Gasteiger partial charge in [0.2, 0.25) is 0 Å². The molecule has 0 unspecified atom stereocenters. The molecule has 19 heavy (non-hydrogen) atoms. The molecule has 0 N–H and O–H groups in total. The van der Waals surface area contributed by atoms with E-state index in [4.69, 9.17) is 3.07 Å². The lowest BCUT2D eigenvalue weighted by Crippen LogP contribution is -2.47. The van der Waals surface area contributed by atoms with Crippen LogP contribution in [-0.2, 0) is 9.61 Å². The van der Waals surface area contributed by atoms with Gasteiger partial charge in [0.1, 0.15) is 23.0 Å². The van der Waals surface area contributed by atoms with E-state index in [0.717, 1.165) is 19.7 Å². The molecule has 0 radical (unpaired) electrons. The van der Waals surface area contributed by atoms with Crippen LogP contribution in [0.15, 0.2) is 18.7 Å². The first kappa shape index (κ1) is 15.2. The highest BCUT2D eigenvalue weighted by Crippen LogP contribution is 2.04. The van der Waals surface area contributed by atoms with Crippen molar-refractivity contribution in [3.05, 3.63) is 18.7 Å².